The smallest absolute Gasteiger partial charge is 0.191 e. The number of likely N-dealkylation sites (tertiary alicyclic amines) is 1. The Balaban J connectivity index is 1.39. The van der Waals surface area contributed by atoms with Crippen LogP contribution in [0.4, 0.5) is 0 Å². The van der Waals surface area contributed by atoms with Gasteiger partial charge in [-0.15, -0.1) is 11.3 Å². The first-order valence-electron chi connectivity index (χ1n) is 10.3. The summed E-state index contributed by atoms with van der Waals surface area (Å²) in [7, 11) is 0. The minimum Gasteiger partial charge on any atom is -0.357 e. The molecule has 152 valence electrons. The van der Waals surface area contributed by atoms with Crippen LogP contribution in [0, 0.1) is 12.8 Å². The van der Waals surface area contributed by atoms with E-state index in [1.54, 1.807) is 11.3 Å². The lowest BCUT2D eigenvalue weighted by molar-refractivity contribution is 0.179. The zero-order valence-electron chi connectivity index (χ0n) is 17.0. The highest BCUT2D eigenvalue weighted by Crippen LogP contribution is 2.20. The third-order valence-electron chi connectivity index (χ3n) is 5.01. The van der Waals surface area contributed by atoms with Crippen LogP contribution < -0.4 is 10.6 Å². The van der Waals surface area contributed by atoms with Gasteiger partial charge in [0.15, 0.2) is 5.96 Å². The molecule has 1 fully saturated rings. The fourth-order valence-corrected chi connectivity index (χ4v) is 4.06. The van der Waals surface area contributed by atoms with Crippen molar-refractivity contribution in [2.45, 2.75) is 39.7 Å². The van der Waals surface area contributed by atoms with Gasteiger partial charge in [0.05, 0.1) is 10.7 Å². The second kappa shape index (κ2) is 11.1. The van der Waals surface area contributed by atoms with Crippen molar-refractivity contribution >= 4 is 17.3 Å². The lowest BCUT2D eigenvalue weighted by Crippen LogP contribution is -2.39. The van der Waals surface area contributed by atoms with E-state index in [2.05, 4.69) is 50.8 Å². The molecule has 1 aliphatic rings. The Hall–Kier alpha value is -1.99. The summed E-state index contributed by atoms with van der Waals surface area (Å²) in [6, 6.07) is 6.04. The van der Waals surface area contributed by atoms with Gasteiger partial charge in [-0.25, -0.2) is 4.98 Å². The third kappa shape index (κ3) is 6.87. The molecule has 1 saturated heterocycles. The maximum Gasteiger partial charge on any atom is 0.191 e. The number of thiazole rings is 1. The molecule has 2 aromatic rings. The van der Waals surface area contributed by atoms with Crippen molar-refractivity contribution in [2.24, 2.45) is 10.9 Å². The number of pyridine rings is 1. The Labute approximate surface area is 172 Å². The molecule has 1 aliphatic heterocycles. The van der Waals surface area contributed by atoms with Gasteiger partial charge in [-0.05, 0) is 57.8 Å². The number of piperidine rings is 1. The monoisotopic (exact) mass is 400 g/mol. The second-order valence-corrected chi connectivity index (χ2v) is 8.36. The van der Waals surface area contributed by atoms with E-state index in [-0.39, 0.29) is 0 Å². The van der Waals surface area contributed by atoms with E-state index in [1.165, 1.54) is 18.5 Å². The fraction of sp³-hybridized carbons (Fsp3) is 0.571. The van der Waals surface area contributed by atoms with E-state index >= 15 is 0 Å². The number of aliphatic imine (C=N–C) groups is 1. The number of aryl methyl sites for hydroxylation is 1. The highest BCUT2D eigenvalue weighted by atomic mass is 32.1. The predicted molar refractivity (Wildman–Crippen MR) is 117 cm³/mol. The second-order valence-electron chi connectivity index (χ2n) is 7.29. The number of aromatic nitrogens is 2. The molecule has 0 spiro atoms. The molecule has 0 amide bonds. The van der Waals surface area contributed by atoms with Crippen LogP contribution in [0.15, 0.2) is 34.8 Å². The van der Waals surface area contributed by atoms with Crippen LogP contribution in [0.2, 0.25) is 0 Å². The first kappa shape index (κ1) is 20.7. The summed E-state index contributed by atoms with van der Waals surface area (Å²) >= 11 is 1.74. The Bertz CT molecular complexity index is 722. The molecule has 0 radical (unpaired) electrons. The molecule has 6 nitrogen and oxygen atoms in total. The molecule has 2 aromatic heterocycles. The maximum absolute atomic E-state index is 4.83. The minimum atomic E-state index is 0.666. The number of hydrogen-bond acceptors (Lipinski definition) is 5. The average Bonchev–Trinajstić information content (AvgIpc) is 3.12. The van der Waals surface area contributed by atoms with E-state index in [1.807, 2.05) is 18.3 Å². The van der Waals surface area contributed by atoms with Gasteiger partial charge in [0.25, 0.3) is 0 Å². The molecule has 3 heterocycles. The van der Waals surface area contributed by atoms with Crippen molar-refractivity contribution in [3.05, 3.63) is 46.2 Å². The molecule has 28 heavy (non-hydrogen) atoms. The number of nitrogens with one attached hydrogen (secondary N) is 2. The Morgan fingerprint density at radius 3 is 2.79 bits per heavy atom. The van der Waals surface area contributed by atoms with E-state index in [0.717, 1.165) is 62.4 Å². The van der Waals surface area contributed by atoms with Gasteiger partial charge in [-0.2, -0.15) is 0 Å². The number of guanidine groups is 1. The molecule has 0 atom stereocenters. The normalized spacial score (nSPS) is 16.3. The molecule has 3 rings (SSSR count). The van der Waals surface area contributed by atoms with Gasteiger partial charge in [-0.3, -0.25) is 14.9 Å². The van der Waals surface area contributed by atoms with Crippen LogP contribution in [0.3, 0.4) is 0 Å². The summed E-state index contributed by atoms with van der Waals surface area (Å²) in [5.41, 5.74) is 2.32. The van der Waals surface area contributed by atoms with Gasteiger partial charge in [0.1, 0.15) is 0 Å². The van der Waals surface area contributed by atoms with E-state index in [0.29, 0.717) is 5.92 Å². The highest BCUT2D eigenvalue weighted by Gasteiger charge is 2.19. The van der Waals surface area contributed by atoms with Crippen molar-refractivity contribution in [2.75, 3.05) is 32.7 Å². The number of rotatable bonds is 8. The summed E-state index contributed by atoms with van der Waals surface area (Å²) in [5.74, 6) is 1.58. The molecule has 7 heteroatoms. The molecule has 0 aliphatic carbocycles. The molecule has 0 bridgehead atoms. The molecule has 0 aromatic carbocycles. The Morgan fingerprint density at radius 1 is 1.25 bits per heavy atom. The lowest BCUT2D eigenvalue weighted by Gasteiger charge is -2.30. The molecular weight excluding hydrogens is 368 g/mol. The SMILES string of the molecule is CCNC(=NCC1CCN(Cc2csc(C)n2)CC1)NCCc1ccccn1. The van der Waals surface area contributed by atoms with E-state index in [4.69, 9.17) is 4.99 Å². The van der Waals surface area contributed by atoms with Crippen LogP contribution in [-0.2, 0) is 13.0 Å². The quantitative estimate of drug-likeness (QED) is 0.527. The van der Waals surface area contributed by atoms with Crippen molar-refractivity contribution in [1.29, 1.82) is 0 Å². The van der Waals surface area contributed by atoms with Crippen molar-refractivity contribution in [3.8, 4) is 0 Å². The van der Waals surface area contributed by atoms with Crippen molar-refractivity contribution in [1.82, 2.24) is 25.5 Å². The Kier molecular flexibility index (Phi) is 8.23. The molecule has 0 saturated carbocycles. The van der Waals surface area contributed by atoms with Gasteiger partial charge >= 0.3 is 0 Å². The summed E-state index contributed by atoms with van der Waals surface area (Å²) in [4.78, 5) is 16.3. The summed E-state index contributed by atoms with van der Waals surface area (Å²) < 4.78 is 0. The van der Waals surface area contributed by atoms with Crippen LogP contribution in [0.5, 0.6) is 0 Å². The molecule has 0 unspecified atom stereocenters. The van der Waals surface area contributed by atoms with E-state index < -0.39 is 0 Å². The fourth-order valence-electron chi connectivity index (χ4n) is 3.45. The topological polar surface area (TPSA) is 65.4 Å². The zero-order valence-corrected chi connectivity index (χ0v) is 17.8. The minimum absolute atomic E-state index is 0.666. The summed E-state index contributed by atoms with van der Waals surface area (Å²) in [6.07, 6.45) is 5.16. The standard InChI is InChI=1S/C21H32N6S/c1-3-22-21(24-11-7-19-6-4-5-10-23-19)25-14-18-8-12-27(13-9-18)15-20-16-28-17(2)26-20/h4-6,10,16,18H,3,7-9,11-15H2,1-2H3,(H2,22,24,25). The summed E-state index contributed by atoms with van der Waals surface area (Å²) in [6.45, 7) is 10.1. The Morgan fingerprint density at radius 2 is 2.11 bits per heavy atom. The van der Waals surface area contributed by atoms with Crippen LogP contribution >= 0.6 is 11.3 Å². The summed E-state index contributed by atoms with van der Waals surface area (Å²) in [5, 5.41) is 10.1. The predicted octanol–water partition coefficient (Wildman–Crippen LogP) is 2.86. The van der Waals surface area contributed by atoms with Crippen LogP contribution in [0.1, 0.15) is 36.2 Å². The zero-order chi connectivity index (χ0) is 19.6. The number of hydrogen-bond donors (Lipinski definition) is 2. The van der Waals surface area contributed by atoms with E-state index in [9.17, 15) is 0 Å². The molecular formula is C21H32N6S. The van der Waals surface area contributed by atoms with Crippen molar-refractivity contribution < 1.29 is 0 Å². The van der Waals surface area contributed by atoms with Crippen LogP contribution in [0.25, 0.3) is 0 Å². The van der Waals surface area contributed by atoms with Crippen molar-refractivity contribution in [3.63, 3.8) is 0 Å². The molecule has 2 N–H and O–H groups in total. The van der Waals surface area contributed by atoms with Gasteiger partial charge in [0, 0.05) is 49.9 Å². The first-order chi connectivity index (χ1) is 13.7. The van der Waals surface area contributed by atoms with Gasteiger partial charge in [0.2, 0.25) is 0 Å². The average molecular weight is 401 g/mol. The highest BCUT2D eigenvalue weighted by molar-refractivity contribution is 7.09. The van der Waals surface area contributed by atoms with Gasteiger partial charge in [-0.1, -0.05) is 6.07 Å². The largest absolute Gasteiger partial charge is 0.357 e. The maximum atomic E-state index is 4.83. The number of nitrogens with zero attached hydrogens (tertiary/aromatic N) is 4. The lowest BCUT2D eigenvalue weighted by atomic mass is 9.97. The first-order valence-corrected chi connectivity index (χ1v) is 11.2. The third-order valence-corrected chi connectivity index (χ3v) is 5.83. The van der Waals surface area contributed by atoms with Crippen LogP contribution in [-0.4, -0.2) is 53.6 Å². The van der Waals surface area contributed by atoms with Gasteiger partial charge < -0.3 is 10.6 Å².